The van der Waals surface area contributed by atoms with Gasteiger partial charge in [-0.3, -0.25) is 4.79 Å². The molecule has 0 radical (unpaired) electrons. The predicted molar refractivity (Wildman–Crippen MR) is 90.2 cm³/mol. The molecule has 2 heterocycles. The summed E-state index contributed by atoms with van der Waals surface area (Å²) in [5.74, 6) is -0.0227. The molecule has 1 atom stereocenters. The third-order valence-electron chi connectivity index (χ3n) is 4.05. The molecule has 6 nitrogen and oxygen atoms in total. The van der Waals surface area contributed by atoms with Gasteiger partial charge in [-0.15, -0.1) is 0 Å². The Balaban J connectivity index is 1.61. The number of oxazole rings is 1. The van der Waals surface area contributed by atoms with Crippen molar-refractivity contribution in [3.63, 3.8) is 0 Å². The van der Waals surface area contributed by atoms with Crippen LogP contribution >= 0.6 is 11.6 Å². The first-order chi connectivity index (χ1) is 12.1. The highest BCUT2D eigenvalue weighted by molar-refractivity contribution is 6.32. The Kier molecular flexibility index (Phi) is 5.55. The number of benzene rings is 1. The molecule has 0 saturated carbocycles. The Morgan fingerprint density at radius 2 is 2.40 bits per heavy atom. The van der Waals surface area contributed by atoms with Crippen molar-refractivity contribution >= 4 is 17.5 Å². The highest BCUT2D eigenvalue weighted by Crippen LogP contribution is 2.25. The van der Waals surface area contributed by atoms with Crippen molar-refractivity contribution in [2.24, 2.45) is 0 Å². The van der Waals surface area contributed by atoms with Gasteiger partial charge in [0.25, 0.3) is 5.91 Å². The average molecular weight is 368 g/mol. The molecule has 134 valence electrons. The number of hydrogen-bond acceptors (Lipinski definition) is 5. The fraction of sp³-hybridized carbons (Fsp3) is 0.412. The molecule has 1 saturated heterocycles. The van der Waals surface area contributed by atoms with Crippen LogP contribution in [0, 0.1) is 5.82 Å². The van der Waals surface area contributed by atoms with Crippen molar-refractivity contribution in [1.82, 2.24) is 15.2 Å². The lowest BCUT2D eigenvalue weighted by molar-refractivity contribution is 0.0695. The molecule has 3 rings (SSSR count). The summed E-state index contributed by atoms with van der Waals surface area (Å²) >= 11 is 5.90. The second-order valence-electron chi connectivity index (χ2n) is 5.80. The molecule has 2 aromatic rings. The smallest absolute Gasteiger partial charge is 0.275 e. The number of nitrogens with one attached hydrogen (secondary N) is 1. The number of ether oxygens (including phenoxy) is 1. The van der Waals surface area contributed by atoms with Crippen molar-refractivity contribution in [3.8, 4) is 5.75 Å². The number of halogens is 2. The van der Waals surface area contributed by atoms with Gasteiger partial charge in [0, 0.05) is 25.7 Å². The number of piperazine rings is 1. The number of nitrogens with zero attached hydrogens (tertiary/aromatic N) is 2. The van der Waals surface area contributed by atoms with Crippen LogP contribution < -0.4 is 10.1 Å². The lowest BCUT2D eigenvalue weighted by atomic mass is 10.1. The lowest BCUT2D eigenvalue weighted by Crippen LogP contribution is -2.52. The first-order valence-corrected chi connectivity index (χ1v) is 8.49. The quantitative estimate of drug-likeness (QED) is 0.880. The van der Waals surface area contributed by atoms with Crippen LogP contribution in [0.1, 0.15) is 29.7 Å². The van der Waals surface area contributed by atoms with Gasteiger partial charge in [-0.1, -0.05) is 18.5 Å². The molecule has 1 fully saturated rings. The monoisotopic (exact) mass is 367 g/mol. The van der Waals surface area contributed by atoms with E-state index in [1.807, 2.05) is 0 Å². The second kappa shape index (κ2) is 7.84. The van der Waals surface area contributed by atoms with E-state index in [9.17, 15) is 9.18 Å². The van der Waals surface area contributed by atoms with Gasteiger partial charge >= 0.3 is 0 Å². The SMILES string of the molecule is CCC1CN(C(=O)c2coc(COc3ccc(F)cc3Cl)n2)CCN1. The Hall–Kier alpha value is -2.12. The van der Waals surface area contributed by atoms with Crippen LogP contribution in [0.25, 0.3) is 0 Å². The number of amides is 1. The molecule has 1 aromatic heterocycles. The van der Waals surface area contributed by atoms with Crippen LogP contribution in [-0.4, -0.2) is 41.5 Å². The Morgan fingerprint density at radius 3 is 3.16 bits per heavy atom. The summed E-state index contributed by atoms with van der Waals surface area (Å²) in [7, 11) is 0. The minimum Gasteiger partial charge on any atom is -0.482 e. The zero-order valence-electron chi connectivity index (χ0n) is 13.8. The van der Waals surface area contributed by atoms with Gasteiger partial charge in [0.2, 0.25) is 5.89 Å². The standard InChI is InChI=1S/C17H19ClFN3O3/c1-2-12-8-22(6-5-20-12)17(23)14-9-25-16(21-14)10-24-15-4-3-11(19)7-13(15)18/h3-4,7,9,12,20H,2,5-6,8,10H2,1H3. The number of aromatic nitrogens is 1. The summed E-state index contributed by atoms with van der Waals surface area (Å²) in [5, 5.41) is 3.52. The molecule has 1 aliphatic rings. The van der Waals surface area contributed by atoms with Crippen molar-refractivity contribution in [3.05, 3.63) is 46.9 Å². The predicted octanol–water partition coefficient (Wildman–Crippen LogP) is 2.87. The fourth-order valence-electron chi connectivity index (χ4n) is 2.65. The van der Waals surface area contributed by atoms with Gasteiger partial charge in [0.05, 0.1) is 5.02 Å². The van der Waals surface area contributed by atoms with Gasteiger partial charge in [0.15, 0.2) is 12.3 Å². The first-order valence-electron chi connectivity index (χ1n) is 8.11. The van der Waals surface area contributed by atoms with E-state index in [1.54, 1.807) is 4.90 Å². The van der Waals surface area contributed by atoms with E-state index in [2.05, 4.69) is 17.2 Å². The topological polar surface area (TPSA) is 67.6 Å². The third kappa shape index (κ3) is 4.29. The summed E-state index contributed by atoms with van der Waals surface area (Å²) in [6.45, 7) is 4.13. The molecular formula is C17H19ClFN3O3. The molecule has 1 aliphatic heterocycles. The zero-order chi connectivity index (χ0) is 17.8. The van der Waals surface area contributed by atoms with E-state index in [-0.39, 0.29) is 29.1 Å². The molecule has 1 N–H and O–H groups in total. The Bertz CT molecular complexity index is 752. The summed E-state index contributed by atoms with van der Waals surface area (Å²) in [5.41, 5.74) is 0.251. The summed E-state index contributed by atoms with van der Waals surface area (Å²) in [6, 6.07) is 4.14. The highest BCUT2D eigenvalue weighted by atomic mass is 35.5. The molecule has 1 unspecified atom stereocenters. The zero-order valence-corrected chi connectivity index (χ0v) is 14.6. The maximum Gasteiger partial charge on any atom is 0.275 e. The molecular weight excluding hydrogens is 349 g/mol. The first kappa shape index (κ1) is 17.7. The lowest BCUT2D eigenvalue weighted by Gasteiger charge is -2.32. The second-order valence-corrected chi connectivity index (χ2v) is 6.21. The van der Waals surface area contributed by atoms with Gasteiger partial charge in [-0.25, -0.2) is 9.37 Å². The molecule has 0 bridgehead atoms. The number of carbonyl (C=O) groups excluding carboxylic acids is 1. The van der Waals surface area contributed by atoms with E-state index in [0.29, 0.717) is 24.9 Å². The largest absolute Gasteiger partial charge is 0.482 e. The van der Waals surface area contributed by atoms with Gasteiger partial charge in [0.1, 0.15) is 17.8 Å². The van der Waals surface area contributed by atoms with Crippen LogP contribution in [-0.2, 0) is 6.61 Å². The normalized spacial score (nSPS) is 17.6. The van der Waals surface area contributed by atoms with Crippen LogP contribution in [0.15, 0.2) is 28.9 Å². The van der Waals surface area contributed by atoms with E-state index in [0.717, 1.165) is 19.0 Å². The van der Waals surface area contributed by atoms with Crippen molar-refractivity contribution in [1.29, 1.82) is 0 Å². The molecule has 8 heteroatoms. The fourth-order valence-corrected chi connectivity index (χ4v) is 2.87. The van der Waals surface area contributed by atoms with E-state index in [1.165, 1.54) is 18.4 Å². The van der Waals surface area contributed by atoms with Crippen LogP contribution in [0.4, 0.5) is 4.39 Å². The third-order valence-corrected chi connectivity index (χ3v) is 4.35. The molecule has 1 aromatic carbocycles. The summed E-state index contributed by atoms with van der Waals surface area (Å²) < 4.78 is 23.8. The molecule has 1 amide bonds. The van der Waals surface area contributed by atoms with Crippen LogP contribution in [0.3, 0.4) is 0 Å². The van der Waals surface area contributed by atoms with Crippen molar-refractivity contribution < 1.29 is 18.3 Å². The Morgan fingerprint density at radius 1 is 1.56 bits per heavy atom. The molecule has 25 heavy (non-hydrogen) atoms. The Labute approximate surface area is 149 Å². The van der Waals surface area contributed by atoms with E-state index < -0.39 is 5.82 Å². The number of carbonyl (C=O) groups is 1. The van der Waals surface area contributed by atoms with Gasteiger partial charge < -0.3 is 19.4 Å². The molecule has 0 spiro atoms. The van der Waals surface area contributed by atoms with E-state index >= 15 is 0 Å². The average Bonchev–Trinajstić information content (AvgIpc) is 3.09. The van der Waals surface area contributed by atoms with Gasteiger partial charge in [-0.2, -0.15) is 0 Å². The van der Waals surface area contributed by atoms with Crippen molar-refractivity contribution in [2.45, 2.75) is 26.0 Å². The summed E-state index contributed by atoms with van der Waals surface area (Å²) in [6.07, 6.45) is 2.29. The maximum absolute atomic E-state index is 13.0. The maximum atomic E-state index is 13.0. The van der Waals surface area contributed by atoms with Gasteiger partial charge in [-0.05, 0) is 24.6 Å². The number of hydrogen-bond donors (Lipinski definition) is 1. The highest BCUT2D eigenvalue weighted by Gasteiger charge is 2.25. The minimum absolute atomic E-state index is 0.00221. The summed E-state index contributed by atoms with van der Waals surface area (Å²) in [4.78, 5) is 18.5. The number of rotatable bonds is 5. The van der Waals surface area contributed by atoms with Crippen LogP contribution in [0.5, 0.6) is 5.75 Å². The molecule has 0 aliphatic carbocycles. The van der Waals surface area contributed by atoms with E-state index in [4.69, 9.17) is 20.8 Å². The minimum atomic E-state index is -0.442. The van der Waals surface area contributed by atoms with Crippen LogP contribution in [0.2, 0.25) is 5.02 Å². The van der Waals surface area contributed by atoms with Crippen molar-refractivity contribution in [2.75, 3.05) is 19.6 Å².